The van der Waals surface area contributed by atoms with Crippen molar-refractivity contribution in [2.45, 2.75) is 31.7 Å². The van der Waals surface area contributed by atoms with Gasteiger partial charge in [-0.1, -0.05) is 42.5 Å². The van der Waals surface area contributed by atoms with E-state index in [-0.39, 0.29) is 5.91 Å². The molecule has 4 rings (SSSR count). The van der Waals surface area contributed by atoms with E-state index < -0.39 is 0 Å². The highest BCUT2D eigenvalue weighted by molar-refractivity contribution is 5.94. The van der Waals surface area contributed by atoms with Gasteiger partial charge in [-0.2, -0.15) is 0 Å². The molecular weight excluding hydrogens is 308 g/mol. The second-order valence-electron chi connectivity index (χ2n) is 7.30. The number of likely N-dealkylation sites (tertiary alicyclic amines) is 2. The number of carbonyl (C=O) groups excluding carboxylic acids is 1. The van der Waals surface area contributed by atoms with Gasteiger partial charge in [0.1, 0.15) is 0 Å². The molecule has 3 heteroatoms. The molecule has 130 valence electrons. The standard InChI is InChI=1S/C22H26N2O/c25-22(24-15-12-21(17-24)23-13-4-5-14-23)20-10-8-19(9-11-20)16-18-6-2-1-3-7-18/h1-3,6-11,21H,4-5,12-17H2. The third-order valence-electron chi connectivity index (χ3n) is 5.56. The van der Waals surface area contributed by atoms with Crippen molar-refractivity contribution in [2.75, 3.05) is 26.2 Å². The predicted molar refractivity (Wildman–Crippen MR) is 101 cm³/mol. The molecule has 0 aromatic heterocycles. The van der Waals surface area contributed by atoms with Crippen LogP contribution in [0.2, 0.25) is 0 Å². The van der Waals surface area contributed by atoms with Crippen molar-refractivity contribution < 1.29 is 4.79 Å². The number of hydrogen-bond donors (Lipinski definition) is 0. The summed E-state index contributed by atoms with van der Waals surface area (Å²) in [6, 6.07) is 19.2. The molecule has 0 radical (unpaired) electrons. The lowest BCUT2D eigenvalue weighted by molar-refractivity contribution is 0.0780. The van der Waals surface area contributed by atoms with E-state index in [0.717, 1.165) is 31.5 Å². The van der Waals surface area contributed by atoms with Gasteiger partial charge in [0.25, 0.3) is 5.91 Å². The molecule has 2 aliphatic heterocycles. The van der Waals surface area contributed by atoms with Crippen molar-refractivity contribution in [2.24, 2.45) is 0 Å². The molecule has 2 aromatic carbocycles. The fourth-order valence-corrected chi connectivity index (χ4v) is 4.11. The number of nitrogens with zero attached hydrogens (tertiary/aromatic N) is 2. The summed E-state index contributed by atoms with van der Waals surface area (Å²) in [6.45, 7) is 4.21. The first-order valence-electron chi connectivity index (χ1n) is 9.46. The Morgan fingerprint density at radius 1 is 0.880 bits per heavy atom. The minimum atomic E-state index is 0.188. The van der Waals surface area contributed by atoms with Crippen LogP contribution in [0.25, 0.3) is 0 Å². The molecule has 2 aliphatic rings. The number of rotatable bonds is 4. The summed E-state index contributed by atoms with van der Waals surface area (Å²) in [5.41, 5.74) is 3.37. The van der Waals surface area contributed by atoms with Crippen molar-refractivity contribution in [1.82, 2.24) is 9.80 Å². The highest BCUT2D eigenvalue weighted by Gasteiger charge is 2.31. The van der Waals surface area contributed by atoms with Gasteiger partial charge < -0.3 is 4.90 Å². The van der Waals surface area contributed by atoms with E-state index >= 15 is 0 Å². The Balaban J connectivity index is 1.37. The average Bonchev–Trinajstić information content (AvgIpc) is 3.34. The van der Waals surface area contributed by atoms with E-state index in [0.29, 0.717) is 6.04 Å². The fraction of sp³-hybridized carbons (Fsp3) is 0.409. The van der Waals surface area contributed by atoms with E-state index in [4.69, 9.17) is 0 Å². The molecule has 0 aliphatic carbocycles. The molecule has 0 N–H and O–H groups in total. The van der Waals surface area contributed by atoms with Gasteiger partial charge >= 0.3 is 0 Å². The molecule has 2 saturated heterocycles. The Hall–Kier alpha value is -2.13. The summed E-state index contributed by atoms with van der Waals surface area (Å²) in [6.07, 6.45) is 4.66. The maximum absolute atomic E-state index is 12.8. The first kappa shape index (κ1) is 16.3. The van der Waals surface area contributed by atoms with Gasteiger partial charge in [0.2, 0.25) is 0 Å². The number of carbonyl (C=O) groups is 1. The van der Waals surface area contributed by atoms with Crippen LogP contribution in [0.15, 0.2) is 54.6 Å². The van der Waals surface area contributed by atoms with Crippen molar-refractivity contribution in [1.29, 1.82) is 0 Å². The highest BCUT2D eigenvalue weighted by Crippen LogP contribution is 2.22. The molecule has 2 aromatic rings. The molecule has 0 saturated carbocycles. The minimum absolute atomic E-state index is 0.188. The number of amides is 1. The average molecular weight is 334 g/mol. The zero-order valence-corrected chi connectivity index (χ0v) is 14.7. The van der Waals surface area contributed by atoms with Gasteiger partial charge in [-0.3, -0.25) is 9.69 Å². The van der Waals surface area contributed by atoms with E-state index in [1.807, 2.05) is 23.1 Å². The van der Waals surface area contributed by atoms with Crippen LogP contribution in [0.5, 0.6) is 0 Å². The van der Waals surface area contributed by atoms with Gasteiger partial charge in [-0.05, 0) is 62.0 Å². The predicted octanol–water partition coefficient (Wildman–Crippen LogP) is 3.59. The molecule has 2 heterocycles. The SMILES string of the molecule is O=C(c1ccc(Cc2ccccc2)cc1)N1CCC(N2CCCC2)C1. The van der Waals surface area contributed by atoms with Crippen LogP contribution in [-0.2, 0) is 6.42 Å². The summed E-state index contributed by atoms with van der Waals surface area (Å²) in [7, 11) is 0. The van der Waals surface area contributed by atoms with Crippen LogP contribution < -0.4 is 0 Å². The smallest absolute Gasteiger partial charge is 0.253 e. The van der Waals surface area contributed by atoms with E-state index in [1.165, 1.54) is 37.1 Å². The summed E-state index contributed by atoms with van der Waals surface area (Å²) in [5, 5.41) is 0. The molecule has 1 amide bonds. The van der Waals surface area contributed by atoms with Crippen LogP contribution >= 0.6 is 0 Å². The van der Waals surface area contributed by atoms with Crippen LogP contribution in [0.3, 0.4) is 0 Å². The van der Waals surface area contributed by atoms with Gasteiger partial charge in [0.15, 0.2) is 0 Å². The monoisotopic (exact) mass is 334 g/mol. The lowest BCUT2D eigenvalue weighted by atomic mass is 10.0. The molecular formula is C22H26N2O. The topological polar surface area (TPSA) is 23.6 Å². The highest BCUT2D eigenvalue weighted by atomic mass is 16.2. The molecule has 3 nitrogen and oxygen atoms in total. The first-order chi connectivity index (χ1) is 12.3. The third kappa shape index (κ3) is 3.77. The maximum Gasteiger partial charge on any atom is 0.253 e. The lowest BCUT2D eigenvalue weighted by Gasteiger charge is -2.23. The van der Waals surface area contributed by atoms with E-state index in [9.17, 15) is 4.79 Å². The Bertz CT molecular complexity index is 705. The zero-order valence-electron chi connectivity index (χ0n) is 14.7. The summed E-state index contributed by atoms with van der Waals surface area (Å²) in [5.74, 6) is 0.188. The van der Waals surface area contributed by atoms with Crippen LogP contribution in [0.4, 0.5) is 0 Å². The summed E-state index contributed by atoms with van der Waals surface area (Å²) in [4.78, 5) is 17.4. The summed E-state index contributed by atoms with van der Waals surface area (Å²) >= 11 is 0. The first-order valence-corrected chi connectivity index (χ1v) is 9.46. The van der Waals surface area contributed by atoms with E-state index in [2.05, 4.69) is 41.3 Å². The van der Waals surface area contributed by atoms with E-state index in [1.54, 1.807) is 0 Å². The van der Waals surface area contributed by atoms with Gasteiger partial charge in [-0.25, -0.2) is 0 Å². The second kappa shape index (κ2) is 7.40. The maximum atomic E-state index is 12.8. The quantitative estimate of drug-likeness (QED) is 0.853. The number of hydrogen-bond acceptors (Lipinski definition) is 2. The molecule has 0 spiro atoms. The molecule has 2 fully saturated rings. The third-order valence-corrected chi connectivity index (χ3v) is 5.56. The molecule has 1 atom stereocenters. The Morgan fingerprint density at radius 3 is 2.28 bits per heavy atom. The Kier molecular flexibility index (Phi) is 4.84. The Morgan fingerprint density at radius 2 is 1.56 bits per heavy atom. The largest absolute Gasteiger partial charge is 0.337 e. The normalized spacial score (nSPS) is 21.0. The number of benzene rings is 2. The van der Waals surface area contributed by atoms with Gasteiger partial charge in [0, 0.05) is 24.7 Å². The fourth-order valence-electron chi connectivity index (χ4n) is 4.11. The van der Waals surface area contributed by atoms with Crippen LogP contribution in [0.1, 0.15) is 40.7 Å². The summed E-state index contributed by atoms with van der Waals surface area (Å²) < 4.78 is 0. The van der Waals surface area contributed by atoms with Gasteiger partial charge in [-0.15, -0.1) is 0 Å². The zero-order chi connectivity index (χ0) is 17.1. The van der Waals surface area contributed by atoms with Crippen molar-refractivity contribution in [3.05, 3.63) is 71.3 Å². The van der Waals surface area contributed by atoms with Crippen LogP contribution in [0, 0.1) is 0 Å². The minimum Gasteiger partial charge on any atom is -0.337 e. The molecule has 1 unspecified atom stereocenters. The molecule has 25 heavy (non-hydrogen) atoms. The van der Waals surface area contributed by atoms with Gasteiger partial charge in [0.05, 0.1) is 0 Å². The van der Waals surface area contributed by atoms with Crippen molar-refractivity contribution in [3.63, 3.8) is 0 Å². The molecule has 0 bridgehead atoms. The second-order valence-corrected chi connectivity index (χ2v) is 7.30. The Labute approximate surface area is 150 Å². The van der Waals surface area contributed by atoms with Crippen LogP contribution in [-0.4, -0.2) is 47.9 Å². The van der Waals surface area contributed by atoms with Crippen molar-refractivity contribution in [3.8, 4) is 0 Å². The van der Waals surface area contributed by atoms with Crippen molar-refractivity contribution >= 4 is 5.91 Å². The lowest BCUT2D eigenvalue weighted by Crippen LogP contribution is -2.37.